The number of carboxylic acids is 1. The number of ether oxygens (including phenoxy) is 1. The fraction of sp³-hybridized carbons (Fsp3) is 0.462. The second-order valence-electron chi connectivity index (χ2n) is 3.99. The zero-order chi connectivity index (χ0) is 13.6. The van der Waals surface area contributed by atoms with E-state index in [1.165, 1.54) is 0 Å². The molecule has 1 rings (SSSR count). The molecule has 100 valence electrons. The first-order valence-corrected chi connectivity index (χ1v) is 6.18. The summed E-state index contributed by atoms with van der Waals surface area (Å²) in [6.45, 7) is 2.74. The number of carbonyl (C=O) groups is 1. The summed E-state index contributed by atoms with van der Waals surface area (Å²) in [6.07, 6.45) is 0.423. The Morgan fingerprint density at radius 1 is 1.56 bits per heavy atom. The van der Waals surface area contributed by atoms with E-state index in [1.54, 1.807) is 31.4 Å². The van der Waals surface area contributed by atoms with Crippen LogP contribution in [-0.4, -0.2) is 31.3 Å². The predicted octanol–water partition coefficient (Wildman–Crippen LogP) is 2.27. The van der Waals surface area contributed by atoms with Crippen molar-refractivity contribution in [2.45, 2.75) is 18.9 Å². The fourth-order valence-electron chi connectivity index (χ4n) is 1.90. The average Bonchev–Trinajstić information content (AvgIpc) is 2.34. The molecule has 0 heterocycles. The average molecular weight is 272 g/mol. The molecule has 1 unspecified atom stereocenters. The highest BCUT2D eigenvalue weighted by molar-refractivity contribution is 6.30. The van der Waals surface area contributed by atoms with Gasteiger partial charge in [-0.2, -0.15) is 0 Å². The van der Waals surface area contributed by atoms with Crippen LogP contribution >= 0.6 is 11.6 Å². The number of nitrogens with one attached hydrogen (secondary N) is 1. The van der Waals surface area contributed by atoms with Gasteiger partial charge in [0.1, 0.15) is 5.54 Å². The Labute approximate surface area is 112 Å². The topological polar surface area (TPSA) is 58.6 Å². The van der Waals surface area contributed by atoms with E-state index in [9.17, 15) is 9.90 Å². The summed E-state index contributed by atoms with van der Waals surface area (Å²) in [5, 5.41) is 13.1. The summed E-state index contributed by atoms with van der Waals surface area (Å²) < 4.78 is 4.94. The van der Waals surface area contributed by atoms with E-state index in [1.807, 2.05) is 6.92 Å². The first kappa shape index (κ1) is 15.0. The monoisotopic (exact) mass is 271 g/mol. The molecule has 4 nitrogen and oxygen atoms in total. The molecule has 0 radical (unpaired) electrons. The predicted molar refractivity (Wildman–Crippen MR) is 70.9 cm³/mol. The molecular weight excluding hydrogens is 254 g/mol. The summed E-state index contributed by atoms with van der Waals surface area (Å²) in [6, 6.07) is 6.92. The van der Waals surface area contributed by atoms with Gasteiger partial charge in [0.2, 0.25) is 0 Å². The first-order valence-electron chi connectivity index (χ1n) is 5.80. The van der Waals surface area contributed by atoms with Crippen molar-refractivity contribution in [1.29, 1.82) is 0 Å². The minimum atomic E-state index is -1.12. The lowest BCUT2D eigenvalue weighted by atomic mass is 9.87. The Balaban J connectivity index is 3.06. The minimum Gasteiger partial charge on any atom is -0.480 e. The van der Waals surface area contributed by atoms with E-state index >= 15 is 0 Å². The van der Waals surface area contributed by atoms with Gasteiger partial charge in [0.05, 0.1) is 6.61 Å². The Kier molecular flexibility index (Phi) is 5.59. The number of methoxy groups -OCH3 is 1. The van der Waals surface area contributed by atoms with Crippen LogP contribution in [0.2, 0.25) is 5.02 Å². The van der Waals surface area contributed by atoms with Gasteiger partial charge in [0.25, 0.3) is 0 Å². The normalized spacial score (nSPS) is 14.2. The van der Waals surface area contributed by atoms with Crippen LogP contribution in [-0.2, 0) is 15.1 Å². The van der Waals surface area contributed by atoms with Gasteiger partial charge in [0, 0.05) is 18.7 Å². The lowest BCUT2D eigenvalue weighted by molar-refractivity contribution is -0.145. The maximum absolute atomic E-state index is 11.6. The van der Waals surface area contributed by atoms with Crippen molar-refractivity contribution in [2.24, 2.45) is 0 Å². The van der Waals surface area contributed by atoms with Gasteiger partial charge in [-0.05, 0) is 24.1 Å². The Morgan fingerprint density at radius 3 is 2.78 bits per heavy atom. The summed E-state index contributed by atoms with van der Waals surface area (Å²) in [5.41, 5.74) is -0.468. The van der Waals surface area contributed by atoms with Crippen molar-refractivity contribution in [2.75, 3.05) is 20.3 Å². The summed E-state index contributed by atoms with van der Waals surface area (Å²) >= 11 is 5.93. The van der Waals surface area contributed by atoms with Crippen molar-refractivity contribution in [1.82, 2.24) is 5.32 Å². The molecule has 18 heavy (non-hydrogen) atoms. The zero-order valence-electron chi connectivity index (χ0n) is 10.6. The molecule has 1 atom stereocenters. The number of hydrogen-bond donors (Lipinski definition) is 2. The third-order valence-corrected chi connectivity index (χ3v) is 3.18. The van der Waals surface area contributed by atoms with E-state index in [0.717, 1.165) is 0 Å². The molecule has 0 aromatic heterocycles. The highest BCUT2D eigenvalue weighted by Crippen LogP contribution is 2.27. The Hall–Kier alpha value is -1.10. The smallest absolute Gasteiger partial charge is 0.328 e. The SMILES string of the molecule is CCC(NCCOC)(C(=O)O)c1cccc(Cl)c1. The molecule has 0 spiro atoms. The third-order valence-electron chi connectivity index (χ3n) is 2.95. The van der Waals surface area contributed by atoms with Gasteiger partial charge in [-0.15, -0.1) is 0 Å². The highest BCUT2D eigenvalue weighted by Gasteiger charge is 2.38. The molecule has 0 aliphatic carbocycles. The zero-order valence-corrected chi connectivity index (χ0v) is 11.3. The maximum Gasteiger partial charge on any atom is 0.328 e. The van der Waals surface area contributed by atoms with Crippen LogP contribution in [0.25, 0.3) is 0 Å². The van der Waals surface area contributed by atoms with Crippen molar-refractivity contribution in [3.63, 3.8) is 0 Å². The fourth-order valence-corrected chi connectivity index (χ4v) is 2.09. The molecule has 0 bridgehead atoms. The van der Waals surface area contributed by atoms with Crippen LogP contribution in [0.5, 0.6) is 0 Å². The number of halogens is 1. The van der Waals surface area contributed by atoms with Crippen LogP contribution in [0.4, 0.5) is 0 Å². The first-order chi connectivity index (χ1) is 8.56. The number of hydrogen-bond acceptors (Lipinski definition) is 3. The molecule has 0 amide bonds. The quantitative estimate of drug-likeness (QED) is 0.747. The summed E-state index contributed by atoms with van der Waals surface area (Å²) in [5.74, 6) is -0.914. The lowest BCUT2D eigenvalue weighted by Crippen LogP contribution is -2.49. The largest absolute Gasteiger partial charge is 0.480 e. The highest BCUT2D eigenvalue weighted by atomic mass is 35.5. The molecule has 0 saturated carbocycles. The van der Waals surface area contributed by atoms with Crippen molar-refractivity contribution in [3.05, 3.63) is 34.9 Å². The van der Waals surface area contributed by atoms with Gasteiger partial charge in [-0.3, -0.25) is 5.32 Å². The molecule has 0 aliphatic heterocycles. The lowest BCUT2D eigenvalue weighted by Gasteiger charge is -2.30. The van der Waals surface area contributed by atoms with E-state index in [2.05, 4.69) is 5.32 Å². The minimum absolute atomic E-state index is 0.423. The molecule has 0 aliphatic rings. The molecule has 0 fully saturated rings. The number of benzene rings is 1. The van der Waals surface area contributed by atoms with E-state index in [0.29, 0.717) is 30.2 Å². The second-order valence-corrected chi connectivity index (χ2v) is 4.43. The van der Waals surface area contributed by atoms with Gasteiger partial charge in [-0.1, -0.05) is 30.7 Å². The van der Waals surface area contributed by atoms with E-state index in [-0.39, 0.29) is 0 Å². The second kappa shape index (κ2) is 6.73. The van der Waals surface area contributed by atoms with Gasteiger partial charge >= 0.3 is 5.97 Å². The summed E-state index contributed by atoms with van der Waals surface area (Å²) in [4.78, 5) is 11.6. The van der Waals surface area contributed by atoms with Gasteiger partial charge in [-0.25, -0.2) is 4.79 Å². The molecule has 1 aromatic carbocycles. The van der Waals surface area contributed by atoms with Crippen LogP contribution in [0.3, 0.4) is 0 Å². The standard InChI is InChI=1S/C13H18ClNO3/c1-3-13(12(16)17,15-7-8-18-2)10-5-4-6-11(14)9-10/h4-6,9,15H,3,7-8H2,1-2H3,(H,16,17). The molecule has 2 N–H and O–H groups in total. The van der Waals surface area contributed by atoms with Crippen molar-refractivity contribution < 1.29 is 14.6 Å². The van der Waals surface area contributed by atoms with Gasteiger partial charge in [0.15, 0.2) is 0 Å². The van der Waals surface area contributed by atoms with Crippen molar-refractivity contribution in [3.8, 4) is 0 Å². The summed E-state index contributed by atoms with van der Waals surface area (Å²) in [7, 11) is 1.58. The molecular formula is C13H18ClNO3. The molecule has 0 saturated heterocycles. The number of carboxylic acid groups (broad SMARTS) is 1. The number of rotatable bonds is 7. The number of aliphatic carboxylic acids is 1. The van der Waals surface area contributed by atoms with Crippen molar-refractivity contribution >= 4 is 17.6 Å². The molecule has 5 heteroatoms. The third kappa shape index (κ3) is 3.22. The maximum atomic E-state index is 11.6. The van der Waals surface area contributed by atoms with E-state index < -0.39 is 11.5 Å². The Morgan fingerprint density at radius 2 is 2.28 bits per heavy atom. The van der Waals surface area contributed by atoms with Crippen LogP contribution in [0.1, 0.15) is 18.9 Å². The van der Waals surface area contributed by atoms with Crippen LogP contribution < -0.4 is 5.32 Å². The van der Waals surface area contributed by atoms with Gasteiger partial charge < -0.3 is 9.84 Å². The van der Waals surface area contributed by atoms with Crippen LogP contribution in [0, 0.1) is 0 Å². The van der Waals surface area contributed by atoms with Crippen LogP contribution in [0.15, 0.2) is 24.3 Å². The Bertz CT molecular complexity index is 411. The van der Waals surface area contributed by atoms with E-state index in [4.69, 9.17) is 16.3 Å². The molecule has 1 aromatic rings.